The van der Waals surface area contributed by atoms with Gasteiger partial charge in [-0.25, -0.2) is 0 Å². The first-order valence-corrected chi connectivity index (χ1v) is 6.38. The van der Waals surface area contributed by atoms with Crippen LogP contribution in [0.3, 0.4) is 0 Å². The van der Waals surface area contributed by atoms with Gasteiger partial charge >= 0.3 is 0 Å². The second kappa shape index (κ2) is 3.99. The Morgan fingerprint density at radius 3 is 2.16 bits per heavy atom. The Labute approximate surface area is 111 Å². The lowest BCUT2D eigenvalue weighted by Gasteiger charge is -2.00. The van der Waals surface area contributed by atoms with Crippen molar-refractivity contribution in [2.75, 3.05) is 0 Å². The third kappa shape index (κ3) is 1.63. The summed E-state index contributed by atoms with van der Waals surface area (Å²) in [6.07, 6.45) is 0. The van der Waals surface area contributed by atoms with Crippen molar-refractivity contribution in [3.63, 3.8) is 0 Å². The largest absolute Gasteiger partial charge is 0.456 e. The predicted molar refractivity (Wildman–Crippen MR) is 79.2 cm³/mol. The van der Waals surface area contributed by atoms with Gasteiger partial charge in [-0.2, -0.15) is 0 Å². The Kier molecular flexibility index (Phi) is 2.18. The fraction of sp³-hybridized carbons (Fsp3) is 0. The van der Waals surface area contributed by atoms with Crippen LogP contribution in [0.2, 0.25) is 0 Å². The maximum absolute atomic E-state index is 5.91. The molecule has 1 heterocycles. The SMILES string of the molecule is c1ccc(-c2ccc3c(c2)oc2ccccc23)cc1. The van der Waals surface area contributed by atoms with Crippen LogP contribution in [-0.2, 0) is 0 Å². The van der Waals surface area contributed by atoms with Crippen LogP contribution >= 0.6 is 0 Å². The highest BCUT2D eigenvalue weighted by molar-refractivity contribution is 6.05. The fourth-order valence-electron chi connectivity index (χ4n) is 2.54. The summed E-state index contributed by atoms with van der Waals surface area (Å²) in [6.45, 7) is 0. The number of hydrogen-bond donors (Lipinski definition) is 0. The molecule has 1 heteroatoms. The second-order valence-electron chi connectivity index (χ2n) is 4.68. The summed E-state index contributed by atoms with van der Waals surface area (Å²) >= 11 is 0. The van der Waals surface area contributed by atoms with Gasteiger partial charge in [-0.05, 0) is 29.3 Å². The monoisotopic (exact) mass is 244 g/mol. The van der Waals surface area contributed by atoms with Crippen LogP contribution in [0.15, 0.2) is 77.2 Å². The first-order chi connectivity index (χ1) is 9.42. The smallest absolute Gasteiger partial charge is 0.136 e. The molecule has 0 amide bonds. The minimum atomic E-state index is 0.947. The Hall–Kier alpha value is -2.54. The number of para-hydroxylation sites is 1. The Morgan fingerprint density at radius 1 is 0.526 bits per heavy atom. The first kappa shape index (κ1) is 10.4. The van der Waals surface area contributed by atoms with Crippen LogP contribution in [0.5, 0.6) is 0 Å². The number of benzene rings is 3. The molecule has 0 bridgehead atoms. The van der Waals surface area contributed by atoms with Gasteiger partial charge in [-0.15, -0.1) is 0 Å². The lowest BCUT2D eigenvalue weighted by Crippen LogP contribution is -1.76. The standard InChI is InChI=1S/C18H12O/c1-2-6-13(7-3-1)14-10-11-16-15-8-4-5-9-17(15)19-18(16)12-14/h1-12H. The van der Waals surface area contributed by atoms with E-state index < -0.39 is 0 Å². The molecule has 3 aromatic carbocycles. The van der Waals surface area contributed by atoms with Gasteiger partial charge in [0, 0.05) is 10.8 Å². The molecule has 0 aliphatic heterocycles. The van der Waals surface area contributed by atoms with Crippen LogP contribution in [-0.4, -0.2) is 0 Å². The molecule has 0 unspecified atom stereocenters. The summed E-state index contributed by atoms with van der Waals surface area (Å²) in [6, 6.07) is 24.9. The molecule has 4 aromatic rings. The van der Waals surface area contributed by atoms with Crippen LogP contribution in [0.1, 0.15) is 0 Å². The predicted octanol–water partition coefficient (Wildman–Crippen LogP) is 5.25. The average Bonchev–Trinajstić information content (AvgIpc) is 2.86. The van der Waals surface area contributed by atoms with E-state index >= 15 is 0 Å². The molecule has 90 valence electrons. The third-order valence-electron chi connectivity index (χ3n) is 3.49. The molecule has 0 N–H and O–H groups in total. The normalized spacial score (nSPS) is 11.2. The molecule has 0 aliphatic rings. The summed E-state index contributed by atoms with van der Waals surface area (Å²) in [5, 5.41) is 2.35. The highest BCUT2D eigenvalue weighted by atomic mass is 16.3. The van der Waals surface area contributed by atoms with E-state index in [4.69, 9.17) is 4.42 Å². The highest BCUT2D eigenvalue weighted by Gasteiger charge is 2.07. The van der Waals surface area contributed by atoms with E-state index in [1.807, 2.05) is 24.3 Å². The summed E-state index contributed by atoms with van der Waals surface area (Å²) in [7, 11) is 0. The summed E-state index contributed by atoms with van der Waals surface area (Å²) < 4.78 is 5.91. The Morgan fingerprint density at radius 2 is 1.26 bits per heavy atom. The molecule has 0 spiro atoms. The maximum atomic E-state index is 5.91. The zero-order valence-corrected chi connectivity index (χ0v) is 10.3. The van der Waals surface area contributed by atoms with Crippen molar-refractivity contribution in [2.24, 2.45) is 0 Å². The number of rotatable bonds is 1. The molecule has 0 saturated heterocycles. The van der Waals surface area contributed by atoms with Crippen molar-refractivity contribution in [1.29, 1.82) is 0 Å². The summed E-state index contributed by atoms with van der Waals surface area (Å²) in [5.41, 5.74) is 4.29. The molecule has 0 atom stereocenters. The van der Waals surface area contributed by atoms with Crippen LogP contribution in [0.4, 0.5) is 0 Å². The molecule has 19 heavy (non-hydrogen) atoms. The van der Waals surface area contributed by atoms with E-state index in [-0.39, 0.29) is 0 Å². The number of furan rings is 1. The number of fused-ring (bicyclic) bond motifs is 3. The van der Waals surface area contributed by atoms with Crippen molar-refractivity contribution in [1.82, 2.24) is 0 Å². The van der Waals surface area contributed by atoms with Crippen LogP contribution in [0.25, 0.3) is 33.1 Å². The van der Waals surface area contributed by atoms with Crippen molar-refractivity contribution in [3.05, 3.63) is 72.8 Å². The zero-order valence-electron chi connectivity index (χ0n) is 10.3. The Bertz CT molecular complexity index is 857. The van der Waals surface area contributed by atoms with E-state index in [2.05, 4.69) is 48.5 Å². The zero-order chi connectivity index (χ0) is 12.7. The van der Waals surface area contributed by atoms with Gasteiger partial charge in [-0.1, -0.05) is 54.6 Å². The average molecular weight is 244 g/mol. The second-order valence-corrected chi connectivity index (χ2v) is 4.68. The molecule has 0 saturated carbocycles. The van der Waals surface area contributed by atoms with Gasteiger partial charge in [0.2, 0.25) is 0 Å². The van der Waals surface area contributed by atoms with E-state index in [0.29, 0.717) is 0 Å². The Balaban J connectivity index is 1.99. The molecule has 0 radical (unpaired) electrons. The molecular formula is C18H12O. The quantitative estimate of drug-likeness (QED) is 0.445. The molecular weight excluding hydrogens is 232 g/mol. The van der Waals surface area contributed by atoms with Crippen LogP contribution in [0, 0.1) is 0 Å². The summed E-state index contributed by atoms with van der Waals surface area (Å²) in [5.74, 6) is 0. The van der Waals surface area contributed by atoms with Crippen LogP contribution < -0.4 is 0 Å². The van der Waals surface area contributed by atoms with E-state index in [1.54, 1.807) is 0 Å². The van der Waals surface area contributed by atoms with E-state index in [0.717, 1.165) is 11.2 Å². The molecule has 1 nitrogen and oxygen atoms in total. The minimum absolute atomic E-state index is 0.947. The molecule has 0 fully saturated rings. The van der Waals surface area contributed by atoms with E-state index in [9.17, 15) is 0 Å². The van der Waals surface area contributed by atoms with Crippen molar-refractivity contribution >= 4 is 21.9 Å². The lowest BCUT2D eigenvalue weighted by atomic mass is 10.0. The van der Waals surface area contributed by atoms with Gasteiger partial charge in [-0.3, -0.25) is 0 Å². The fourth-order valence-corrected chi connectivity index (χ4v) is 2.54. The van der Waals surface area contributed by atoms with Gasteiger partial charge in [0.05, 0.1) is 0 Å². The van der Waals surface area contributed by atoms with Gasteiger partial charge in [0.1, 0.15) is 11.2 Å². The third-order valence-corrected chi connectivity index (χ3v) is 3.49. The highest BCUT2D eigenvalue weighted by Crippen LogP contribution is 2.31. The first-order valence-electron chi connectivity index (χ1n) is 6.38. The molecule has 0 aliphatic carbocycles. The number of hydrogen-bond acceptors (Lipinski definition) is 1. The lowest BCUT2D eigenvalue weighted by molar-refractivity contribution is 0.669. The van der Waals surface area contributed by atoms with E-state index in [1.165, 1.54) is 21.9 Å². The maximum Gasteiger partial charge on any atom is 0.136 e. The topological polar surface area (TPSA) is 13.1 Å². The van der Waals surface area contributed by atoms with Crippen molar-refractivity contribution in [3.8, 4) is 11.1 Å². The van der Waals surface area contributed by atoms with Crippen molar-refractivity contribution < 1.29 is 4.42 Å². The molecule has 1 aromatic heterocycles. The summed E-state index contributed by atoms with van der Waals surface area (Å²) in [4.78, 5) is 0. The minimum Gasteiger partial charge on any atom is -0.456 e. The van der Waals surface area contributed by atoms with Crippen molar-refractivity contribution in [2.45, 2.75) is 0 Å². The molecule has 4 rings (SSSR count). The van der Waals surface area contributed by atoms with Gasteiger partial charge in [0.25, 0.3) is 0 Å². The van der Waals surface area contributed by atoms with Gasteiger partial charge in [0.15, 0.2) is 0 Å². The van der Waals surface area contributed by atoms with Gasteiger partial charge < -0.3 is 4.42 Å².